The molecule has 1 fully saturated rings. The monoisotopic (exact) mass is 266 g/mol. The molecule has 18 heavy (non-hydrogen) atoms. The maximum absolute atomic E-state index is 12.0. The second kappa shape index (κ2) is 4.34. The molecule has 2 amide bonds. The number of carbonyl (C=O) groups is 2. The number of hydrogen-bond acceptors (Lipinski definition) is 5. The van der Waals surface area contributed by atoms with Crippen molar-refractivity contribution in [3.05, 3.63) is 35.9 Å². The maximum atomic E-state index is 12.0. The van der Waals surface area contributed by atoms with Crippen molar-refractivity contribution < 1.29 is 18.0 Å². The minimum atomic E-state index is -3.90. The third-order valence-electron chi connectivity index (χ3n) is 2.55. The van der Waals surface area contributed by atoms with E-state index in [1.54, 1.807) is 30.3 Å². The molecule has 1 aromatic carbocycles. The van der Waals surface area contributed by atoms with Gasteiger partial charge in [0.15, 0.2) is 15.1 Å². The predicted molar refractivity (Wildman–Crippen MR) is 63.7 cm³/mol. The van der Waals surface area contributed by atoms with Gasteiger partial charge in [0.05, 0.1) is 5.75 Å². The molecule has 2 N–H and O–H groups in total. The topological polar surface area (TPSA) is 104 Å². The van der Waals surface area contributed by atoms with Crippen molar-refractivity contribution in [2.45, 2.75) is 11.0 Å². The van der Waals surface area contributed by atoms with Crippen LogP contribution in [-0.2, 0) is 25.2 Å². The minimum Gasteiger partial charge on any atom is -0.298 e. The standard InChI is InChI=1S/C11H10N2O4S/c12-8-9(11(15)13-10(8)14)18(16,17)6-7-4-2-1-3-5-7/h1-5,9,12H,6H2,(H,13,14,15). The average molecular weight is 266 g/mol. The Balaban J connectivity index is 2.30. The summed E-state index contributed by atoms with van der Waals surface area (Å²) >= 11 is 0. The van der Waals surface area contributed by atoms with Crippen LogP contribution >= 0.6 is 0 Å². The van der Waals surface area contributed by atoms with Gasteiger partial charge < -0.3 is 0 Å². The van der Waals surface area contributed by atoms with E-state index in [0.717, 1.165) is 0 Å². The Hall–Kier alpha value is -2.02. The lowest BCUT2D eigenvalue weighted by Crippen LogP contribution is -2.34. The lowest BCUT2D eigenvalue weighted by Gasteiger charge is -2.08. The molecule has 0 aliphatic carbocycles. The third kappa shape index (κ3) is 2.17. The van der Waals surface area contributed by atoms with Crippen molar-refractivity contribution >= 4 is 27.4 Å². The highest BCUT2D eigenvalue weighted by Gasteiger charge is 2.45. The van der Waals surface area contributed by atoms with Crippen molar-refractivity contribution in [1.29, 1.82) is 5.41 Å². The highest BCUT2D eigenvalue weighted by atomic mass is 32.2. The molecule has 94 valence electrons. The van der Waals surface area contributed by atoms with E-state index in [9.17, 15) is 18.0 Å². The van der Waals surface area contributed by atoms with E-state index >= 15 is 0 Å². The second-order valence-corrected chi connectivity index (χ2v) is 5.99. The van der Waals surface area contributed by atoms with E-state index in [-0.39, 0.29) is 5.75 Å². The molecule has 0 radical (unpaired) electrons. The van der Waals surface area contributed by atoms with Gasteiger partial charge in [0.2, 0.25) is 0 Å². The number of benzene rings is 1. The van der Waals surface area contributed by atoms with Crippen LogP contribution in [-0.4, -0.2) is 31.2 Å². The fourth-order valence-corrected chi connectivity index (χ4v) is 3.40. The van der Waals surface area contributed by atoms with E-state index in [4.69, 9.17) is 5.41 Å². The molecule has 0 bridgehead atoms. The lowest BCUT2D eigenvalue weighted by molar-refractivity contribution is -0.123. The van der Waals surface area contributed by atoms with Crippen molar-refractivity contribution in [2.75, 3.05) is 0 Å². The van der Waals surface area contributed by atoms with Gasteiger partial charge in [-0.05, 0) is 5.56 Å². The molecule has 1 heterocycles. The lowest BCUT2D eigenvalue weighted by atomic mass is 10.2. The van der Waals surface area contributed by atoms with Gasteiger partial charge in [-0.1, -0.05) is 30.3 Å². The Bertz CT molecular complexity index is 622. The molecule has 0 spiro atoms. The molecule has 1 aliphatic heterocycles. The summed E-state index contributed by atoms with van der Waals surface area (Å²) in [6.45, 7) is 0. The number of carbonyl (C=O) groups excluding carboxylic acids is 2. The highest BCUT2D eigenvalue weighted by Crippen LogP contribution is 2.15. The van der Waals surface area contributed by atoms with E-state index in [1.165, 1.54) is 0 Å². The molecule has 1 atom stereocenters. The fraction of sp³-hybridized carbons (Fsp3) is 0.182. The van der Waals surface area contributed by atoms with E-state index in [0.29, 0.717) is 5.56 Å². The van der Waals surface area contributed by atoms with Gasteiger partial charge in [0.1, 0.15) is 5.71 Å². The van der Waals surface area contributed by atoms with Crippen molar-refractivity contribution in [1.82, 2.24) is 5.32 Å². The Labute approximate surface area is 103 Å². The van der Waals surface area contributed by atoms with E-state index < -0.39 is 32.6 Å². The summed E-state index contributed by atoms with van der Waals surface area (Å²) in [5.74, 6) is -2.26. The zero-order valence-electron chi connectivity index (χ0n) is 9.21. The van der Waals surface area contributed by atoms with Crippen LogP contribution in [0.1, 0.15) is 5.56 Å². The van der Waals surface area contributed by atoms with Crippen LogP contribution in [0.25, 0.3) is 0 Å². The van der Waals surface area contributed by atoms with Crippen LogP contribution in [0.4, 0.5) is 0 Å². The summed E-state index contributed by atoms with van der Waals surface area (Å²) < 4.78 is 24.0. The van der Waals surface area contributed by atoms with Gasteiger partial charge in [-0.2, -0.15) is 0 Å². The predicted octanol–water partition coefficient (Wildman–Crippen LogP) is -0.354. The summed E-state index contributed by atoms with van der Waals surface area (Å²) in [5, 5.41) is 7.49. The number of amides is 2. The van der Waals surface area contributed by atoms with Gasteiger partial charge in [0, 0.05) is 0 Å². The van der Waals surface area contributed by atoms with Crippen LogP contribution in [0, 0.1) is 5.41 Å². The second-order valence-electron chi connectivity index (χ2n) is 3.90. The van der Waals surface area contributed by atoms with Crippen LogP contribution in [0.3, 0.4) is 0 Å². The summed E-state index contributed by atoms with van der Waals surface area (Å²) in [7, 11) is -3.90. The van der Waals surface area contributed by atoms with Gasteiger partial charge in [-0.3, -0.25) is 20.3 Å². The first-order valence-corrected chi connectivity index (χ1v) is 6.82. The van der Waals surface area contributed by atoms with Crippen LogP contribution in [0.2, 0.25) is 0 Å². The van der Waals surface area contributed by atoms with Crippen molar-refractivity contribution in [3.63, 3.8) is 0 Å². The zero-order valence-corrected chi connectivity index (χ0v) is 10.0. The molecule has 1 saturated heterocycles. The smallest absolute Gasteiger partial charge is 0.273 e. The Morgan fingerprint density at radius 1 is 1.17 bits per heavy atom. The first kappa shape index (κ1) is 12.4. The Morgan fingerprint density at radius 2 is 1.78 bits per heavy atom. The normalized spacial score (nSPS) is 20.0. The summed E-state index contributed by atoms with van der Waals surface area (Å²) in [5.41, 5.74) is -0.201. The van der Waals surface area contributed by atoms with Crippen LogP contribution in [0.15, 0.2) is 30.3 Å². The number of rotatable bonds is 3. The zero-order chi connectivity index (χ0) is 13.3. The van der Waals surface area contributed by atoms with Crippen molar-refractivity contribution in [2.24, 2.45) is 0 Å². The van der Waals surface area contributed by atoms with Gasteiger partial charge in [-0.25, -0.2) is 8.42 Å². The maximum Gasteiger partial charge on any atom is 0.273 e. The van der Waals surface area contributed by atoms with E-state index in [2.05, 4.69) is 0 Å². The summed E-state index contributed by atoms with van der Waals surface area (Å²) in [6.07, 6.45) is 0. The Morgan fingerprint density at radius 3 is 2.28 bits per heavy atom. The molecule has 6 nitrogen and oxygen atoms in total. The largest absolute Gasteiger partial charge is 0.298 e. The molecule has 1 aliphatic rings. The molecular weight excluding hydrogens is 256 g/mol. The minimum absolute atomic E-state index is 0.373. The molecule has 2 rings (SSSR count). The average Bonchev–Trinajstić information content (AvgIpc) is 2.54. The quantitative estimate of drug-likeness (QED) is 0.729. The fourth-order valence-electron chi connectivity index (χ4n) is 1.73. The number of nitrogens with one attached hydrogen (secondary N) is 2. The van der Waals surface area contributed by atoms with Crippen LogP contribution < -0.4 is 5.32 Å². The third-order valence-corrected chi connectivity index (χ3v) is 4.46. The highest BCUT2D eigenvalue weighted by molar-refractivity contribution is 7.93. The van der Waals surface area contributed by atoms with E-state index in [1.807, 2.05) is 5.32 Å². The molecule has 1 aromatic rings. The molecular formula is C11H10N2O4S. The SMILES string of the molecule is N=C1C(=O)NC(=O)C1S(=O)(=O)Cc1ccccc1. The first-order valence-electron chi connectivity index (χ1n) is 5.11. The Kier molecular flexibility index (Phi) is 3.00. The first-order chi connectivity index (χ1) is 8.42. The molecule has 0 saturated carbocycles. The summed E-state index contributed by atoms with van der Waals surface area (Å²) in [4.78, 5) is 22.5. The van der Waals surface area contributed by atoms with Gasteiger partial charge in [0.25, 0.3) is 11.8 Å². The molecule has 1 unspecified atom stereocenters. The summed E-state index contributed by atoms with van der Waals surface area (Å²) in [6, 6.07) is 8.31. The molecule has 0 aromatic heterocycles. The number of hydrogen-bond donors (Lipinski definition) is 2. The van der Waals surface area contributed by atoms with Gasteiger partial charge >= 0.3 is 0 Å². The van der Waals surface area contributed by atoms with Crippen LogP contribution in [0.5, 0.6) is 0 Å². The van der Waals surface area contributed by atoms with Gasteiger partial charge in [-0.15, -0.1) is 0 Å². The number of imide groups is 1. The molecule has 7 heteroatoms. The number of sulfone groups is 1. The van der Waals surface area contributed by atoms with Crippen molar-refractivity contribution in [3.8, 4) is 0 Å².